The molecule has 18 heavy (non-hydrogen) atoms. The van der Waals surface area contributed by atoms with E-state index in [4.69, 9.17) is 0 Å². The quantitative estimate of drug-likeness (QED) is 0.803. The summed E-state index contributed by atoms with van der Waals surface area (Å²) in [6.45, 7) is 4.78. The predicted molar refractivity (Wildman–Crippen MR) is 68.7 cm³/mol. The third-order valence-corrected chi connectivity index (χ3v) is 3.61. The average Bonchev–Trinajstić information content (AvgIpc) is 2.32. The molecular weight excluding hydrogens is 230 g/mol. The van der Waals surface area contributed by atoms with Gasteiger partial charge >= 0.3 is 0 Å². The maximum absolute atomic E-state index is 12.4. The number of hydrogen-bond donors (Lipinski definition) is 2. The zero-order valence-electron chi connectivity index (χ0n) is 10.8. The first-order chi connectivity index (χ1) is 8.50. The number of aromatic hydroxyl groups is 2. The highest BCUT2D eigenvalue weighted by Gasteiger charge is 2.30. The molecule has 1 aromatic rings. The summed E-state index contributed by atoms with van der Waals surface area (Å²) in [5.41, 5.74) is 0.0125. The van der Waals surface area contributed by atoms with Gasteiger partial charge in [0, 0.05) is 12.6 Å². The lowest BCUT2D eigenvalue weighted by Crippen LogP contribution is -2.44. The summed E-state index contributed by atoms with van der Waals surface area (Å²) in [6.07, 6.45) is 2.07. The van der Waals surface area contributed by atoms with Crippen LogP contribution in [0.4, 0.5) is 0 Å². The Morgan fingerprint density at radius 3 is 2.44 bits per heavy atom. The summed E-state index contributed by atoms with van der Waals surface area (Å²) < 4.78 is 0. The zero-order valence-corrected chi connectivity index (χ0v) is 10.8. The van der Waals surface area contributed by atoms with E-state index < -0.39 is 0 Å². The van der Waals surface area contributed by atoms with Crippen LogP contribution in [0.15, 0.2) is 18.2 Å². The molecule has 0 spiro atoms. The van der Waals surface area contributed by atoms with E-state index in [2.05, 4.69) is 6.92 Å². The van der Waals surface area contributed by atoms with Crippen LogP contribution in [-0.2, 0) is 0 Å². The lowest BCUT2D eigenvalue weighted by atomic mass is 9.94. The van der Waals surface area contributed by atoms with Gasteiger partial charge in [-0.05, 0) is 37.8 Å². The number of rotatable bonds is 1. The minimum absolute atomic E-state index is 0.0125. The second kappa shape index (κ2) is 4.88. The minimum atomic E-state index is -0.287. The number of carbonyl (C=O) groups excluding carboxylic acids is 1. The lowest BCUT2D eigenvalue weighted by molar-refractivity contribution is 0.0568. The lowest BCUT2D eigenvalue weighted by Gasteiger charge is -2.37. The normalized spacial score (nSPS) is 24.0. The van der Waals surface area contributed by atoms with Crippen molar-refractivity contribution >= 4 is 5.91 Å². The summed E-state index contributed by atoms with van der Waals surface area (Å²) in [5.74, 6) is -0.154. The van der Waals surface area contributed by atoms with Crippen LogP contribution in [-0.4, -0.2) is 33.6 Å². The van der Waals surface area contributed by atoms with Gasteiger partial charge in [-0.2, -0.15) is 0 Å². The highest BCUT2D eigenvalue weighted by molar-refractivity contribution is 5.99. The molecule has 1 amide bonds. The SMILES string of the molecule is CC1CCC(C)N(C(=O)c2c(O)cccc2O)C1. The maximum Gasteiger partial charge on any atom is 0.261 e. The fourth-order valence-corrected chi connectivity index (χ4v) is 2.46. The molecule has 1 saturated heterocycles. The van der Waals surface area contributed by atoms with Gasteiger partial charge in [-0.1, -0.05) is 13.0 Å². The molecule has 2 rings (SSSR count). The van der Waals surface area contributed by atoms with Gasteiger partial charge in [-0.3, -0.25) is 4.79 Å². The minimum Gasteiger partial charge on any atom is -0.507 e. The molecule has 1 aliphatic rings. The first-order valence-electron chi connectivity index (χ1n) is 6.32. The molecule has 0 aliphatic carbocycles. The number of nitrogens with zero attached hydrogens (tertiary/aromatic N) is 1. The maximum atomic E-state index is 12.4. The van der Waals surface area contributed by atoms with Gasteiger partial charge in [0.05, 0.1) is 0 Å². The number of amides is 1. The van der Waals surface area contributed by atoms with Crippen LogP contribution in [0.2, 0.25) is 0 Å². The summed E-state index contributed by atoms with van der Waals surface area (Å²) in [4.78, 5) is 14.1. The van der Waals surface area contributed by atoms with Gasteiger partial charge in [-0.25, -0.2) is 0 Å². The van der Waals surface area contributed by atoms with Crippen molar-refractivity contribution in [3.63, 3.8) is 0 Å². The highest BCUT2D eigenvalue weighted by Crippen LogP contribution is 2.31. The van der Waals surface area contributed by atoms with Crippen molar-refractivity contribution in [2.24, 2.45) is 5.92 Å². The molecule has 4 nitrogen and oxygen atoms in total. The summed E-state index contributed by atoms with van der Waals surface area (Å²) in [5, 5.41) is 19.5. The van der Waals surface area contributed by atoms with Crippen LogP contribution in [0, 0.1) is 5.92 Å². The molecule has 0 saturated carbocycles. The van der Waals surface area contributed by atoms with Gasteiger partial charge in [0.1, 0.15) is 17.1 Å². The van der Waals surface area contributed by atoms with Crippen molar-refractivity contribution in [2.75, 3.05) is 6.54 Å². The van der Waals surface area contributed by atoms with E-state index in [9.17, 15) is 15.0 Å². The van der Waals surface area contributed by atoms with Crippen LogP contribution in [0.1, 0.15) is 37.0 Å². The van der Waals surface area contributed by atoms with Crippen molar-refractivity contribution in [2.45, 2.75) is 32.7 Å². The number of piperidine rings is 1. The van der Waals surface area contributed by atoms with Crippen molar-refractivity contribution < 1.29 is 15.0 Å². The van der Waals surface area contributed by atoms with Crippen LogP contribution >= 0.6 is 0 Å². The van der Waals surface area contributed by atoms with E-state index in [1.807, 2.05) is 6.92 Å². The second-order valence-corrected chi connectivity index (χ2v) is 5.16. The van der Waals surface area contributed by atoms with E-state index in [0.29, 0.717) is 12.5 Å². The second-order valence-electron chi connectivity index (χ2n) is 5.16. The predicted octanol–water partition coefficient (Wildman–Crippen LogP) is 2.36. The van der Waals surface area contributed by atoms with Crippen LogP contribution in [0.5, 0.6) is 11.5 Å². The van der Waals surface area contributed by atoms with Gasteiger partial charge < -0.3 is 15.1 Å². The van der Waals surface area contributed by atoms with Crippen LogP contribution < -0.4 is 0 Å². The molecule has 0 bridgehead atoms. The Balaban J connectivity index is 2.30. The average molecular weight is 249 g/mol. The van der Waals surface area contributed by atoms with Crippen LogP contribution in [0.3, 0.4) is 0 Å². The largest absolute Gasteiger partial charge is 0.507 e. The molecule has 2 atom stereocenters. The van der Waals surface area contributed by atoms with E-state index >= 15 is 0 Å². The van der Waals surface area contributed by atoms with Gasteiger partial charge in [0.15, 0.2) is 0 Å². The van der Waals surface area contributed by atoms with E-state index in [0.717, 1.165) is 12.8 Å². The van der Waals surface area contributed by atoms with E-state index in [1.165, 1.54) is 18.2 Å². The number of phenols is 2. The van der Waals surface area contributed by atoms with Crippen LogP contribution in [0.25, 0.3) is 0 Å². The third kappa shape index (κ3) is 2.28. The molecule has 0 radical (unpaired) electrons. The van der Waals surface area contributed by atoms with Gasteiger partial charge in [0.25, 0.3) is 5.91 Å². The molecule has 98 valence electrons. The monoisotopic (exact) mass is 249 g/mol. The van der Waals surface area contributed by atoms with Crippen molar-refractivity contribution in [3.8, 4) is 11.5 Å². The van der Waals surface area contributed by atoms with E-state index in [1.54, 1.807) is 4.90 Å². The molecule has 2 N–H and O–H groups in total. The topological polar surface area (TPSA) is 60.8 Å². The fraction of sp³-hybridized carbons (Fsp3) is 0.500. The number of benzene rings is 1. The Morgan fingerprint density at radius 2 is 1.83 bits per heavy atom. The molecule has 1 aliphatic heterocycles. The first kappa shape index (κ1) is 12.7. The number of carbonyl (C=O) groups is 1. The Kier molecular flexibility index (Phi) is 3.45. The number of hydrogen-bond acceptors (Lipinski definition) is 3. The van der Waals surface area contributed by atoms with Crippen molar-refractivity contribution in [3.05, 3.63) is 23.8 Å². The summed E-state index contributed by atoms with van der Waals surface area (Å²) in [7, 11) is 0. The number of likely N-dealkylation sites (tertiary alicyclic amines) is 1. The zero-order chi connectivity index (χ0) is 13.3. The van der Waals surface area contributed by atoms with Crippen molar-refractivity contribution in [1.82, 2.24) is 4.90 Å². The highest BCUT2D eigenvalue weighted by atomic mass is 16.3. The Labute approximate surface area is 107 Å². The number of phenolic OH excluding ortho intramolecular Hbond substituents is 2. The molecule has 1 aromatic carbocycles. The molecule has 0 aromatic heterocycles. The molecule has 4 heteroatoms. The van der Waals surface area contributed by atoms with E-state index in [-0.39, 0.29) is 29.0 Å². The molecule has 1 heterocycles. The fourth-order valence-electron chi connectivity index (χ4n) is 2.46. The standard InChI is InChI=1S/C14H19NO3/c1-9-6-7-10(2)15(8-9)14(18)13-11(16)4-3-5-12(13)17/h3-5,9-10,16-17H,6-8H2,1-2H3. The van der Waals surface area contributed by atoms with Gasteiger partial charge in [-0.15, -0.1) is 0 Å². The Morgan fingerprint density at radius 1 is 1.22 bits per heavy atom. The Bertz CT molecular complexity index is 438. The molecular formula is C14H19NO3. The first-order valence-corrected chi connectivity index (χ1v) is 6.32. The molecule has 2 unspecified atom stereocenters. The third-order valence-electron chi connectivity index (χ3n) is 3.61. The molecule has 1 fully saturated rings. The summed E-state index contributed by atoms with van der Waals surface area (Å²) >= 11 is 0. The van der Waals surface area contributed by atoms with Crippen molar-refractivity contribution in [1.29, 1.82) is 0 Å². The smallest absolute Gasteiger partial charge is 0.261 e. The summed E-state index contributed by atoms with van der Waals surface area (Å²) in [6, 6.07) is 4.51. The van der Waals surface area contributed by atoms with Gasteiger partial charge in [0.2, 0.25) is 0 Å². The Hall–Kier alpha value is -1.71.